The molecule has 2 aromatic rings. The molecular weight excluding hydrogens is 317 g/mol. The van der Waals surface area contributed by atoms with Crippen LogP contribution in [0.25, 0.3) is 0 Å². The molecule has 2 aromatic carbocycles. The second kappa shape index (κ2) is 5.72. The zero-order valence-electron chi connectivity index (χ0n) is 13.5. The van der Waals surface area contributed by atoms with Gasteiger partial charge in [0.05, 0.1) is 5.56 Å². The fraction of sp³-hybridized carbons (Fsp3) is 0.368. The third-order valence-electron chi connectivity index (χ3n) is 4.73. The summed E-state index contributed by atoms with van der Waals surface area (Å²) < 4.78 is 45.1. The maximum Gasteiger partial charge on any atom is 0.416 e. The summed E-state index contributed by atoms with van der Waals surface area (Å²) in [6.45, 7) is 3.93. The fourth-order valence-electron chi connectivity index (χ4n) is 3.19. The summed E-state index contributed by atoms with van der Waals surface area (Å²) >= 11 is 0. The van der Waals surface area contributed by atoms with Gasteiger partial charge >= 0.3 is 6.18 Å². The second-order valence-corrected chi connectivity index (χ2v) is 6.51. The Kier molecular flexibility index (Phi) is 3.98. The van der Waals surface area contributed by atoms with Gasteiger partial charge < -0.3 is 9.84 Å². The van der Waals surface area contributed by atoms with E-state index >= 15 is 0 Å². The molecular formula is C19H19F3O2. The van der Waals surface area contributed by atoms with E-state index in [4.69, 9.17) is 4.74 Å². The Balaban J connectivity index is 2.10. The van der Waals surface area contributed by atoms with Crippen LogP contribution in [0.4, 0.5) is 13.2 Å². The maximum absolute atomic E-state index is 13.0. The molecule has 2 unspecified atom stereocenters. The molecule has 1 heterocycles. The van der Waals surface area contributed by atoms with Crippen LogP contribution >= 0.6 is 0 Å². The number of ether oxygens (including phenoxy) is 1. The van der Waals surface area contributed by atoms with Crippen LogP contribution in [0.1, 0.15) is 49.3 Å². The van der Waals surface area contributed by atoms with Crippen molar-refractivity contribution in [2.24, 2.45) is 0 Å². The summed E-state index contributed by atoms with van der Waals surface area (Å²) in [5, 5.41) is 9.71. The molecule has 0 aliphatic carbocycles. The normalized spacial score (nSPS) is 23.5. The topological polar surface area (TPSA) is 29.5 Å². The van der Waals surface area contributed by atoms with Gasteiger partial charge in [-0.2, -0.15) is 13.2 Å². The van der Waals surface area contributed by atoms with Gasteiger partial charge in [0.1, 0.15) is 17.1 Å². The summed E-state index contributed by atoms with van der Waals surface area (Å²) in [5.74, 6) is 0.409. The Morgan fingerprint density at radius 2 is 1.96 bits per heavy atom. The summed E-state index contributed by atoms with van der Waals surface area (Å²) in [4.78, 5) is 0. The first-order valence-electron chi connectivity index (χ1n) is 7.91. The molecule has 0 bridgehead atoms. The molecule has 3 rings (SSSR count). The van der Waals surface area contributed by atoms with Crippen molar-refractivity contribution >= 4 is 0 Å². The highest BCUT2D eigenvalue weighted by Crippen LogP contribution is 2.47. The average molecular weight is 336 g/mol. The van der Waals surface area contributed by atoms with Gasteiger partial charge in [-0.1, -0.05) is 31.2 Å². The number of halogens is 3. The molecule has 5 heteroatoms. The monoisotopic (exact) mass is 336 g/mol. The van der Waals surface area contributed by atoms with Crippen molar-refractivity contribution in [2.45, 2.75) is 44.4 Å². The molecule has 1 aliphatic rings. The molecule has 0 aromatic heterocycles. The van der Waals surface area contributed by atoms with E-state index in [9.17, 15) is 18.3 Å². The zero-order chi connectivity index (χ0) is 17.5. The highest BCUT2D eigenvalue weighted by Gasteiger charge is 2.38. The van der Waals surface area contributed by atoms with Gasteiger partial charge in [-0.05, 0) is 37.5 Å². The molecule has 0 saturated carbocycles. The highest BCUT2D eigenvalue weighted by molar-refractivity contribution is 5.48. The largest absolute Gasteiger partial charge is 0.508 e. The van der Waals surface area contributed by atoms with Crippen molar-refractivity contribution < 1.29 is 23.0 Å². The molecule has 2 atom stereocenters. The number of phenolic OH excluding ortho intramolecular Hbond substituents is 1. The SMILES string of the molecule is CCC1(C)CC(c2cccc(C(F)(F)F)c2)c2ccc(O)cc2O1. The number of fused-ring (bicyclic) bond motifs is 1. The maximum atomic E-state index is 13.0. The highest BCUT2D eigenvalue weighted by atomic mass is 19.4. The number of rotatable bonds is 2. The molecule has 2 nitrogen and oxygen atoms in total. The minimum Gasteiger partial charge on any atom is -0.508 e. The van der Waals surface area contributed by atoms with E-state index in [1.807, 2.05) is 13.8 Å². The van der Waals surface area contributed by atoms with Crippen molar-refractivity contribution in [3.8, 4) is 11.5 Å². The number of hydrogen-bond donors (Lipinski definition) is 1. The molecule has 24 heavy (non-hydrogen) atoms. The van der Waals surface area contributed by atoms with E-state index in [0.29, 0.717) is 17.7 Å². The lowest BCUT2D eigenvalue weighted by atomic mass is 9.78. The molecule has 128 valence electrons. The van der Waals surface area contributed by atoms with E-state index < -0.39 is 17.3 Å². The summed E-state index contributed by atoms with van der Waals surface area (Å²) in [6.07, 6.45) is -3.06. The predicted octanol–water partition coefficient (Wildman–Crippen LogP) is 5.49. The van der Waals surface area contributed by atoms with Crippen LogP contribution in [0, 0.1) is 0 Å². The number of phenols is 1. The van der Waals surface area contributed by atoms with Gasteiger partial charge in [-0.3, -0.25) is 0 Å². The summed E-state index contributed by atoms with van der Waals surface area (Å²) in [5.41, 5.74) is 0.280. The third kappa shape index (κ3) is 3.07. The van der Waals surface area contributed by atoms with E-state index in [2.05, 4.69) is 0 Å². The molecule has 0 spiro atoms. The minimum atomic E-state index is -4.37. The Morgan fingerprint density at radius 3 is 2.62 bits per heavy atom. The number of alkyl halides is 3. The lowest BCUT2D eigenvalue weighted by Gasteiger charge is -2.40. The first kappa shape index (κ1) is 16.7. The number of hydrogen-bond acceptors (Lipinski definition) is 2. The Bertz CT molecular complexity index is 755. The van der Waals surface area contributed by atoms with Crippen LogP contribution < -0.4 is 4.74 Å². The third-order valence-corrected chi connectivity index (χ3v) is 4.73. The smallest absolute Gasteiger partial charge is 0.416 e. The van der Waals surface area contributed by atoms with Crippen molar-refractivity contribution in [1.82, 2.24) is 0 Å². The van der Waals surface area contributed by atoms with Gasteiger partial charge in [-0.25, -0.2) is 0 Å². The molecule has 1 N–H and O–H groups in total. The lowest BCUT2D eigenvalue weighted by molar-refractivity contribution is -0.137. The van der Waals surface area contributed by atoms with Crippen molar-refractivity contribution in [1.29, 1.82) is 0 Å². The Morgan fingerprint density at radius 1 is 1.21 bits per heavy atom. The van der Waals surface area contributed by atoms with Crippen LogP contribution in [0.2, 0.25) is 0 Å². The first-order valence-corrected chi connectivity index (χ1v) is 7.91. The van der Waals surface area contributed by atoms with Crippen LogP contribution in [0.15, 0.2) is 42.5 Å². The zero-order valence-corrected chi connectivity index (χ0v) is 13.5. The van der Waals surface area contributed by atoms with Gasteiger partial charge in [0.15, 0.2) is 0 Å². The lowest BCUT2D eigenvalue weighted by Crippen LogP contribution is -2.37. The van der Waals surface area contributed by atoms with E-state index in [-0.39, 0.29) is 11.7 Å². The van der Waals surface area contributed by atoms with Crippen LogP contribution in [-0.4, -0.2) is 10.7 Å². The van der Waals surface area contributed by atoms with Gasteiger partial charge in [0.25, 0.3) is 0 Å². The molecule has 0 fully saturated rings. The van der Waals surface area contributed by atoms with E-state index in [1.54, 1.807) is 12.1 Å². The van der Waals surface area contributed by atoms with Gasteiger partial charge in [0, 0.05) is 17.5 Å². The van der Waals surface area contributed by atoms with Gasteiger partial charge in [0.2, 0.25) is 0 Å². The Hall–Kier alpha value is -2.17. The fourth-order valence-corrected chi connectivity index (χ4v) is 3.19. The standard InChI is InChI=1S/C19H19F3O2/c1-3-18(2)11-16(15-8-7-14(23)10-17(15)24-18)12-5-4-6-13(9-12)19(20,21)22/h4-10,16,23H,3,11H2,1-2H3. The summed E-state index contributed by atoms with van der Waals surface area (Å²) in [7, 11) is 0. The number of benzene rings is 2. The average Bonchev–Trinajstić information content (AvgIpc) is 2.53. The molecule has 1 aliphatic heterocycles. The van der Waals surface area contributed by atoms with Crippen molar-refractivity contribution in [2.75, 3.05) is 0 Å². The van der Waals surface area contributed by atoms with Crippen molar-refractivity contribution in [3.63, 3.8) is 0 Å². The minimum absolute atomic E-state index is 0.0805. The van der Waals surface area contributed by atoms with Crippen molar-refractivity contribution in [3.05, 3.63) is 59.2 Å². The van der Waals surface area contributed by atoms with Crippen LogP contribution in [-0.2, 0) is 6.18 Å². The molecule has 0 saturated heterocycles. The number of aromatic hydroxyl groups is 1. The summed E-state index contributed by atoms with van der Waals surface area (Å²) in [6, 6.07) is 10.3. The van der Waals surface area contributed by atoms with Gasteiger partial charge in [-0.15, -0.1) is 0 Å². The first-order chi connectivity index (χ1) is 11.2. The quantitative estimate of drug-likeness (QED) is 0.785. The van der Waals surface area contributed by atoms with Crippen LogP contribution in [0.3, 0.4) is 0 Å². The van der Waals surface area contributed by atoms with E-state index in [1.165, 1.54) is 24.3 Å². The second-order valence-electron chi connectivity index (χ2n) is 6.51. The Labute approximate surface area is 138 Å². The van der Waals surface area contributed by atoms with Crippen LogP contribution in [0.5, 0.6) is 11.5 Å². The molecule has 0 amide bonds. The van der Waals surface area contributed by atoms with E-state index in [0.717, 1.165) is 18.1 Å². The molecule has 0 radical (unpaired) electrons. The predicted molar refractivity (Wildman–Crippen MR) is 85.3 cm³/mol.